The molecule has 5 heteroatoms. The lowest BCUT2D eigenvalue weighted by Gasteiger charge is -2.43. The van der Waals surface area contributed by atoms with Crippen molar-refractivity contribution < 1.29 is 14.6 Å². The molecule has 2 fully saturated rings. The summed E-state index contributed by atoms with van der Waals surface area (Å²) in [4.78, 5) is 17.3. The Balaban J connectivity index is 1.81. The molecule has 2 aliphatic rings. The van der Waals surface area contributed by atoms with Gasteiger partial charge >= 0.3 is 0 Å². The van der Waals surface area contributed by atoms with Crippen LogP contribution < -0.4 is 0 Å². The van der Waals surface area contributed by atoms with Crippen molar-refractivity contribution in [3.05, 3.63) is 35.9 Å². The predicted octanol–water partition coefficient (Wildman–Crippen LogP) is 1.29. The molecule has 3 rings (SSSR count). The summed E-state index contributed by atoms with van der Waals surface area (Å²) in [5, 5.41) is 9.70. The predicted molar refractivity (Wildman–Crippen MR) is 87.9 cm³/mol. The van der Waals surface area contributed by atoms with Gasteiger partial charge in [-0.2, -0.15) is 0 Å². The maximum absolute atomic E-state index is 13.1. The lowest BCUT2D eigenvalue weighted by Crippen LogP contribution is -2.52. The number of rotatable bonds is 3. The minimum Gasteiger partial charge on any atom is -0.394 e. The fraction of sp³-hybridized carbons (Fsp3) is 0.611. The zero-order valence-electron chi connectivity index (χ0n) is 13.7. The molecule has 1 amide bonds. The summed E-state index contributed by atoms with van der Waals surface area (Å²) in [5.74, 6) is 0.309. The van der Waals surface area contributed by atoms with Crippen LogP contribution in [-0.4, -0.2) is 66.8 Å². The number of aliphatic hydroxyl groups is 1. The highest BCUT2D eigenvalue weighted by molar-refractivity contribution is 5.79. The molecule has 23 heavy (non-hydrogen) atoms. The topological polar surface area (TPSA) is 53.0 Å². The summed E-state index contributed by atoms with van der Waals surface area (Å²) in [6.45, 7) is 2.96. The molecule has 1 aromatic carbocycles. The van der Waals surface area contributed by atoms with Gasteiger partial charge in [0.05, 0.1) is 19.3 Å². The van der Waals surface area contributed by atoms with E-state index in [9.17, 15) is 9.90 Å². The third kappa shape index (κ3) is 3.57. The fourth-order valence-electron chi connectivity index (χ4n) is 3.67. The first-order valence-electron chi connectivity index (χ1n) is 8.47. The maximum atomic E-state index is 13.1. The summed E-state index contributed by atoms with van der Waals surface area (Å²) >= 11 is 0. The minimum absolute atomic E-state index is 0.0727. The number of amides is 1. The van der Waals surface area contributed by atoms with Crippen LogP contribution in [0.25, 0.3) is 0 Å². The molecule has 0 aliphatic carbocycles. The minimum atomic E-state index is -0.346. The smallest absolute Gasteiger partial charge is 0.226 e. The van der Waals surface area contributed by atoms with Gasteiger partial charge < -0.3 is 19.6 Å². The van der Waals surface area contributed by atoms with Crippen LogP contribution in [0.1, 0.15) is 24.4 Å². The van der Waals surface area contributed by atoms with Gasteiger partial charge in [0.15, 0.2) is 0 Å². The van der Waals surface area contributed by atoms with Crippen LogP contribution in [0.15, 0.2) is 30.3 Å². The van der Waals surface area contributed by atoms with Gasteiger partial charge in [-0.15, -0.1) is 0 Å². The Hall–Kier alpha value is -1.43. The van der Waals surface area contributed by atoms with Crippen LogP contribution in [0.3, 0.4) is 0 Å². The van der Waals surface area contributed by atoms with Crippen LogP contribution in [0, 0.1) is 5.92 Å². The van der Waals surface area contributed by atoms with Gasteiger partial charge in [0.25, 0.3) is 0 Å². The van der Waals surface area contributed by atoms with Crippen molar-refractivity contribution >= 4 is 5.91 Å². The number of carbonyl (C=O) groups excluding carboxylic acids is 1. The highest BCUT2D eigenvalue weighted by Gasteiger charge is 2.38. The van der Waals surface area contributed by atoms with Crippen molar-refractivity contribution in [1.82, 2.24) is 9.80 Å². The number of hydrogen-bond donors (Lipinski definition) is 1. The van der Waals surface area contributed by atoms with Gasteiger partial charge in [0, 0.05) is 12.5 Å². The molecule has 1 aromatic rings. The molecule has 1 N–H and O–H groups in total. The molecule has 2 atom stereocenters. The van der Waals surface area contributed by atoms with Crippen molar-refractivity contribution in [2.24, 2.45) is 5.92 Å². The number of benzene rings is 1. The first kappa shape index (κ1) is 16.4. The van der Waals surface area contributed by atoms with E-state index in [4.69, 9.17) is 4.74 Å². The number of piperidine rings is 1. The van der Waals surface area contributed by atoms with Crippen molar-refractivity contribution in [1.29, 1.82) is 0 Å². The number of aliphatic hydroxyl groups excluding tert-OH is 1. The third-order valence-electron chi connectivity index (χ3n) is 5.02. The Kier molecular flexibility index (Phi) is 5.30. The molecule has 0 spiro atoms. The second-order valence-corrected chi connectivity index (χ2v) is 6.56. The first-order valence-corrected chi connectivity index (χ1v) is 8.47. The average molecular weight is 318 g/mol. The van der Waals surface area contributed by atoms with Crippen molar-refractivity contribution in [3.63, 3.8) is 0 Å². The van der Waals surface area contributed by atoms with E-state index in [1.807, 2.05) is 35.2 Å². The Morgan fingerprint density at radius 2 is 1.91 bits per heavy atom. The van der Waals surface area contributed by atoms with Gasteiger partial charge in [0.1, 0.15) is 6.10 Å². The van der Waals surface area contributed by atoms with E-state index >= 15 is 0 Å². The van der Waals surface area contributed by atoms with Crippen LogP contribution >= 0.6 is 0 Å². The lowest BCUT2D eigenvalue weighted by molar-refractivity contribution is -0.155. The molecular weight excluding hydrogens is 292 g/mol. The summed E-state index contributed by atoms with van der Waals surface area (Å²) in [5.41, 5.74) is 1.03. The van der Waals surface area contributed by atoms with Crippen molar-refractivity contribution in [2.45, 2.75) is 25.0 Å². The third-order valence-corrected chi connectivity index (χ3v) is 5.02. The van der Waals surface area contributed by atoms with E-state index in [0.29, 0.717) is 13.2 Å². The second-order valence-electron chi connectivity index (χ2n) is 6.56. The summed E-state index contributed by atoms with van der Waals surface area (Å²) < 4.78 is 5.73. The number of nitrogens with zero attached hydrogens (tertiary/aromatic N) is 2. The van der Waals surface area contributed by atoms with Crippen LogP contribution in [0.2, 0.25) is 0 Å². The summed E-state index contributed by atoms with van der Waals surface area (Å²) in [6, 6.07) is 9.73. The number of morpholine rings is 1. The molecular formula is C18H26N2O3. The molecule has 2 heterocycles. The summed E-state index contributed by atoms with van der Waals surface area (Å²) in [7, 11) is 2.10. The molecule has 0 bridgehead atoms. The van der Waals surface area contributed by atoms with Gasteiger partial charge in [-0.05, 0) is 38.5 Å². The Morgan fingerprint density at radius 3 is 2.57 bits per heavy atom. The van der Waals surface area contributed by atoms with Crippen LogP contribution in [-0.2, 0) is 9.53 Å². The lowest BCUT2D eigenvalue weighted by atomic mass is 9.92. The van der Waals surface area contributed by atoms with Gasteiger partial charge in [-0.1, -0.05) is 30.3 Å². The highest BCUT2D eigenvalue weighted by atomic mass is 16.5. The van der Waals surface area contributed by atoms with Crippen molar-refractivity contribution in [3.8, 4) is 0 Å². The maximum Gasteiger partial charge on any atom is 0.226 e. The van der Waals surface area contributed by atoms with E-state index in [1.54, 1.807) is 0 Å². The van der Waals surface area contributed by atoms with E-state index < -0.39 is 0 Å². The molecule has 2 aliphatic heterocycles. The number of carbonyl (C=O) groups is 1. The molecule has 0 saturated carbocycles. The Bertz CT molecular complexity index is 514. The number of ether oxygens (including phenoxy) is 1. The standard InChI is InChI=1S/C18H26N2O3/c1-19-9-7-15(8-10-19)18(22)20-11-12-23-16(13-21)17(20)14-5-3-2-4-6-14/h2-6,15-17,21H,7-13H2,1H3/t16-,17-/m1/s1. The van der Waals surface area contributed by atoms with Gasteiger partial charge in [-0.25, -0.2) is 0 Å². The van der Waals surface area contributed by atoms with E-state index in [1.165, 1.54) is 0 Å². The Labute approximate surface area is 137 Å². The number of likely N-dealkylation sites (tertiary alicyclic amines) is 1. The van der Waals surface area contributed by atoms with E-state index in [0.717, 1.165) is 31.5 Å². The van der Waals surface area contributed by atoms with Crippen LogP contribution in [0.4, 0.5) is 0 Å². The zero-order valence-corrected chi connectivity index (χ0v) is 13.7. The normalized spacial score (nSPS) is 27.1. The van der Waals surface area contributed by atoms with Crippen molar-refractivity contribution in [2.75, 3.05) is 39.9 Å². The Morgan fingerprint density at radius 1 is 1.22 bits per heavy atom. The molecule has 5 nitrogen and oxygen atoms in total. The molecule has 0 aromatic heterocycles. The SMILES string of the molecule is CN1CCC(C(=O)N2CCO[C@H](CO)[C@H]2c2ccccc2)CC1. The largest absolute Gasteiger partial charge is 0.394 e. The fourth-order valence-corrected chi connectivity index (χ4v) is 3.67. The molecule has 126 valence electrons. The van der Waals surface area contributed by atoms with E-state index in [-0.39, 0.29) is 30.6 Å². The van der Waals surface area contributed by atoms with E-state index in [2.05, 4.69) is 11.9 Å². The first-order chi connectivity index (χ1) is 11.2. The second kappa shape index (κ2) is 7.43. The average Bonchev–Trinajstić information content (AvgIpc) is 2.61. The molecule has 0 unspecified atom stereocenters. The quantitative estimate of drug-likeness (QED) is 0.912. The number of hydrogen-bond acceptors (Lipinski definition) is 4. The summed E-state index contributed by atoms with van der Waals surface area (Å²) in [6.07, 6.45) is 1.48. The molecule has 2 saturated heterocycles. The molecule has 0 radical (unpaired) electrons. The zero-order chi connectivity index (χ0) is 16.2. The highest BCUT2D eigenvalue weighted by Crippen LogP contribution is 2.32. The van der Waals surface area contributed by atoms with Crippen LogP contribution in [0.5, 0.6) is 0 Å². The van der Waals surface area contributed by atoms with Gasteiger partial charge in [-0.3, -0.25) is 4.79 Å². The monoisotopic (exact) mass is 318 g/mol. The van der Waals surface area contributed by atoms with Gasteiger partial charge in [0.2, 0.25) is 5.91 Å².